The molecule has 1 aliphatic heterocycles. The lowest BCUT2D eigenvalue weighted by molar-refractivity contribution is -0.122. The molecule has 1 amide bonds. The van der Waals surface area contributed by atoms with Gasteiger partial charge < -0.3 is 5.32 Å². The number of allylic oxidation sites excluding steroid dienone is 2. The summed E-state index contributed by atoms with van der Waals surface area (Å²) in [6.45, 7) is 0. The van der Waals surface area contributed by atoms with Crippen molar-refractivity contribution < 1.29 is 9.59 Å². The maximum absolute atomic E-state index is 12.9. The second-order valence-electron chi connectivity index (χ2n) is 6.29. The number of halogens is 1. The molecule has 1 aliphatic carbocycles. The fraction of sp³-hybridized carbons (Fsp3) is 0.263. The molecule has 2 atom stereocenters. The number of hydrogen-bond donors (Lipinski definition) is 1. The lowest BCUT2D eigenvalue weighted by Crippen LogP contribution is -2.38. The van der Waals surface area contributed by atoms with Gasteiger partial charge in [-0.25, -0.2) is 0 Å². The van der Waals surface area contributed by atoms with Crippen molar-refractivity contribution in [3.63, 3.8) is 0 Å². The molecule has 2 aromatic rings. The first kappa shape index (κ1) is 15.6. The highest BCUT2D eigenvalue weighted by Crippen LogP contribution is 2.43. The van der Waals surface area contributed by atoms with E-state index in [2.05, 4.69) is 11.4 Å². The fourth-order valence-electron chi connectivity index (χ4n) is 3.66. The number of thiophene rings is 1. The van der Waals surface area contributed by atoms with Crippen LogP contribution in [0, 0.1) is 0 Å². The van der Waals surface area contributed by atoms with Crippen LogP contribution in [-0.4, -0.2) is 11.7 Å². The smallest absolute Gasteiger partial charge is 0.225 e. The Hall–Kier alpha value is -1.91. The molecule has 1 aromatic carbocycles. The quantitative estimate of drug-likeness (QED) is 0.865. The molecule has 0 fully saturated rings. The van der Waals surface area contributed by atoms with E-state index in [9.17, 15) is 9.59 Å². The van der Waals surface area contributed by atoms with Gasteiger partial charge in [0.05, 0.1) is 0 Å². The lowest BCUT2D eigenvalue weighted by Gasteiger charge is -2.34. The van der Waals surface area contributed by atoms with E-state index in [1.807, 2.05) is 35.7 Å². The van der Waals surface area contributed by atoms with Gasteiger partial charge in [-0.3, -0.25) is 9.59 Å². The van der Waals surface area contributed by atoms with E-state index >= 15 is 0 Å². The number of amides is 1. The molecule has 0 saturated heterocycles. The molecule has 24 heavy (non-hydrogen) atoms. The topological polar surface area (TPSA) is 46.2 Å². The van der Waals surface area contributed by atoms with Crippen LogP contribution in [0.15, 0.2) is 53.0 Å². The van der Waals surface area contributed by atoms with Gasteiger partial charge in [0.25, 0.3) is 0 Å². The Morgan fingerprint density at radius 1 is 1.04 bits per heavy atom. The van der Waals surface area contributed by atoms with Gasteiger partial charge in [-0.05, 0) is 35.6 Å². The number of nitrogens with one attached hydrogen (secondary N) is 1. The molecule has 0 spiro atoms. The van der Waals surface area contributed by atoms with Gasteiger partial charge in [0.15, 0.2) is 5.78 Å². The van der Waals surface area contributed by atoms with Crippen molar-refractivity contribution in [3.05, 3.63) is 68.5 Å². The van der Waals surface area contributed by atoms with E-state index in [0.717, 1.165) is 23.3 Å². The predicted molar refractivity (Wildman–Crippen MR) is 95.3 cm³/mol. The number of ketones is 1. The first-order chi connectivity index (χ1) is 11.6. The molecule has 2 aliphatic rings. The minimum Gasteiger partial charge on any atom is -0.329 e. The average Bonchev–Trinajstić information content (AvgIpc) is 3.09. The van der Waals surface area contributed by atoms with Gasteiger partial charge in [0, 0.05) is 45.8 Å². The number of carbonyl (C=O) groups is 2. The summed E-state index contributed by atoms with van der Waals surface area (Å²) in [6, 6.07) is 11.5. The van der Waals surface area contributed by atoms with Crippen LogP contribution in [-0.2, 0) is 9.59 Å². The maximum Gasteiger partial charge on any atom is 0.225 e. The van der Waals surface area contributed by atoms with Crippen LogP contribution in [0.2, 0.25) is 5.02 Å². The minimum absolute atomic E-state index is 0.0201. The zero-order chi connectivity index (χ0) is 16.7. The molecule has 0 radical (unpaired) electrons. The fourth-order valence-corrected chi connectivity index (χ4v) is 4.62. The number of benzene rings is 1. The van der Waals surface area contributed by atoms with Crippen LogP contribution in [0.3, 0.4) is 0 Å². The molecule has 4 rings (SSSR count). The third-order valence-corrected chi connectivity index (χ3v) is 6.04. The summed E-state index contributed by atoms with van der Waals surface area (Å²) < 4.78 is 0. The van der Waals surface area contributed by atoms with Gasteiger partial charge in [-0.1, -0.05) is 29.8 Å². The molecule has 122 valence electrons. The molecule has 0 unspecified atom stereocenters. The Balaban J connectivity index is 1.72. The van der Waals surface area contributed by atoms with Gasteiger partial charge in [-0.2, -0.15) is 0 Å². The predicted octanol–water partition coefficient (Wildman–Crippen LogP) is 4.41. The number of rotatable bonds is 2. The van der Waals surface area contributed by atoms with Crippen LogP contribution < -0.4 is 5.32 Å². The van der Waals surface area contributed by atoms with Gasteiger partial charge >= 0.3 is 0 Å². The first-order valence-electron chi connectivity index (χ1n) is 7.97. The summed E-state index contributed by atoms with van der Waals surface area (Å²) >= 11 is 7.63. The third-order valence-electron chi connectivity index (χ3n) is 4.75. The van der Waals surface area contributed by atoms with Crippen molar-refractivity contribution in [2.45, 2.75) is 31.1 Å². The van der Waals surface area contributed by atoms with E-state index in [0.29, 0.717) is 17.9 Å². The molecular formula is C19H16ClNO2S. The molecule has 5 heteroatoms. The SMILES string of the molecule is O=C1C[C@H](c2ccc(Cl)cc2)C2=C(C[C@H](c3cccs3)CC2=O)N1. The molecule has 1 N–H and O–H groups in total. The van der Waals surface area contributed by atoms with Crippen LogP contribution in [0.25, 0.3) is 0 Å². The molecule has 0 saturated carbocycles. The van der Waals surface area contributed by atoms with Crippen molar-refractivity contribution >= 4 is 34.6 Å². The van der Waals surface area contributed by atoms with E-state index < -0.39 is 0 Å². The van der Waals surface area contributed by atoms with Gasteiger partial charge in [-0.15, -0.1) is 11.3 Å². The number of hydrogen-bond acceptors (Lipinski definition) is 3. The van der Waals surface area contributed by atoms with Crippen LogP contribution >= 0.6 is 22.9 Å². The van der Waals surface area contributed by atoms with Crippen molar-refractivity contribution in [1.29, 1.82) is 0 Å². The Morgan fingerprint density at radius 2 is 1.83 bits per heavy atom. The zero-order valence-electron chi connectivity index (χ0n) is 12.9. The summed E-state index contributed by atoms with van der Waals surface area (Å²) in [5.74, 6) is 0.131. The lowest BCUT2D eigenvalue weighted by atomic mass is 9.75. The number of carbonyl (C=O) groups excluding carboxylic acids is 2. The van der Waals surface area contributed by atoms with E-state index in [1.54, 1.807) is 11.3 Å². The largest absolute Gasteiger partial charge is 0.329 e. The van der Waals surface area contributed by atoms with Crippen molar-refractivity contribution in [3.8, 4) is 0 Å². The van der Waals surface area contributed by atoms with E-state index in [-0.39, 0.29) is 23.5 Å². The highest BCUT2D eigenvalue weighted by Gasteiger charge is 2.38. The number of Topliss-reactive ketones (excluding diaryl/α,β-unsaturated/α-hetero) is 1. The summed E-state index contributed by atoms with van der Waals surface area (Å²) in [6.07, 6.45) is 1.55. The second-order valence-corrected chi connectivity index (χ2v) is 7.71. The molecule has 1 aromatic heterocycles. The maximum atomic E-state index is 12.9. The van der Waals surface area contributed by atoms with Crippen molar-refractivity contribution in [1.82, 2.24) is 5.32 Å². The van der Waals surface area contributed by atoms with E-state index in [1.165, 1.54) is 4.88 Å². The van der Waals surface area contributed by atoms with Gasteiger partial charge in [0.1, 0.15) is 0 Å². The third kappa shape index (κ3) is 2.80. The molecule has 3 nitrogen and oxygen atoms in total. The highest BCUT2D eigenvalue weighted by atomic mass is 35.5. The van der Waals surface area contributed by atoms with Crippen LogP contribution in [0.4, 0.5) is 0 Å². The van der Waals surface area contributed by atoms with Gasteiger partial charge in [0.2, 0.25) is 5.91 Å². The molecule has 0 bridgehead atoms. The Morgan fingerprint density at radius 3 is 2.54 bits per heavy atom. The summed E-state index contributed by atoms with van der Waals surface area (Å²) in [7, 11) is 0. The molecular weight excluding hydrogens is 342 g/mol. The summed E-state index contributed by atoms with van der Waals surface area (Å²) in [5.41, 5.74) is 2.57. The van der Waals surface area contributed by atoms with Crippen molar-refractivity contribution in [2.24, 2.45) is 0 Å². The average molecular weight is 358 g/mol. The minimum atomic E-state index is -0.164. The Labute approximate surface area is 149 Å². The molecule has 2 heterocycles. The Kier molecular flexibility index (Phi) is 4.02. The highest BCUT2D eigenvalue weighted by molar-refractivity contribution is 7.10. The van der Waals surface area contributed by atoms with Crippen LogP contribution in [0.5, 0.6) is 0 Å². The zero-order valence-corrected chi connectivity index (χ0v) is 14.5. The summed E-state index contributed by atoms with van der Waals surface area (Å²) in [4.78, 5) is 26.3. The van der Waals surface area contributed by atoms with E-state index in [4.69, 9.17) is 11.6 Å². The van der Waals surface area contributed by atoms with Crippen molar-refractivity contribution in [2.75, 3.05) is 0 Å². The summed E-state index contributed by atoms with van der Waals surface area (Å²) in [5, 5.41) is 5.63. The Bertz CT molecular complexity index is 824. The first-order valence-corrected chi connectivity index (χ1v) is 9.22. The monoisotopic (exact) mass is 357 g/mol. The normalized spacial score (nSPS) is 23.9. The van der Waals surface area contributed by atoms with Crippen LogP contribution in [0.1, 0.15) is 41.5 Å². The standard InChI is InChI=1S/C19H16ClNO2S/c20-13-5-3-11(4-6-13)14-10-18(23)21-15-8-12(9-16(22)19(14)15)17-2-1-7-24-17/h1-7,12,14H,8-10H2,(H,21,23)/t12-,14+/m0/s1. The second kappa shape index (κ2) is 6.19.